The summed E-state index contributed by atoms with van der Waals surface area (Å²) < 4.78 is 1.23. The van der Waals surface area contributed by atoms with Crippen molar-refractivity contribution in [2.45, 2.75) is 19.1 Å². The zero-order chi connectivity index (χ0) is 12.4. The molecule has 0 spiro atoms. The quantitative estimate of drug-likeness (QED) is 0.560. The van der Waals surface area contributed by atoms with Crippen LogP contribution in [0, 0.1) is 10.1 Å². The van der Waals surface area contributed by atoms with E-state index in [1.54, 1.807) is 0 Å². The molecular weight excluding hydrogens is 228 g/mol. The molecule has 2 heterocycles. The van der Waals surface area contributed by atoms with E-state index in [1.165, 1.54) is 15.8 Å². The Bertz CT molecular complexity index is 444. The number of carbonyl (C=O) groups is 1. The van der Waals surface area contributed by atoms with Gasteiger partial charge in [0.25, 0.3) is 0 Å². The fourth-order valence-electron chi connectivity index (χ4n) is 1.74. The van der Waals surface area contributed by atoms with Crippen LogP contribution in [-0.4, -0.2) is 49.8 Å². The maximum Gasteiger partial charge on any atom is 0.307 e. The minimum atomic E-state index is -0.562. The molecule has 1 unspecified atom stereocenters. The molecule has 0 aromatic carbocycles. The Morgan fingerprint density at radius 2 is 2.47 bits per heavy atom. The lowest BCUT2D eigenvalue weighted by molar-refractivity contribution is -0.385. The molecule has 1 atom stereocenters. The summed E-state index contributed by atoms with van der Waals surface area (Å²) in [7, 11) is 0. The second-order valence-electron chi connectivity index (χ2n) is 3.94. The first-order valence-electron chi connectivity index (χ1n) is 5.19. The van der Waals surface area contributed by atoms with Crippen LogP contribution < -0.4 is 0 Å². The van der Waals surface area contributed by atoms with Gasteiger partial charge >= 0.3 is 5.69 Å². The van der Waals surface area contributed by atoms with E-state index in [9.17, 15) is 20.0 Å². The number of β-amino-alcohol motifs (C(OH)–C–C–N with tert-alkyl or cyclic N) is 1. The number of aromatic nitrogens is 2. The number of nitrogens with zero attached hydrogens (tertiary/aromatic N) is 4. The van der Waals surface area contributed by atoms with Crippen LogP contribution in [0.5, 0.6) is 0 Å². The fraction of sp³-hybridized carbons (Fsp3) is 0.556. The van der Waals surface area contributed by atoms with Gasteiger partial charge in [0, 0.05) is 13.1 Å². The average Bonchev–Trinajstić information content (AvgIpc) is 2.86. The van der Waals surface area contributed by atoms with E-state index >= 15 is 0 Å². The van der Waals surface area contributed by atoms with E-state index in [0.717, 1.165) is 6.20 Å². The van der Waals surface area contributed by atoms with Crippen molar-refractivity contribution in [3.05, 3.63) is 22.5 Å². The Morgan fingerprint density at radius 1 is 1.71 bits per heavy atom. The van der Waals surface area contributed by atoms with Crippen molar-refractivity contribution in [3.63, 3.8) is 0 Å². The van der Waals surface area contributed by atoms with Gasteiger partial charge in [0.2, 0.25) is 5.91 Å². The SMILES string of the molecule is O=C(Cn1cc([N+](=O)[O-])cn1)N1CCC(O)C1. The first-order valence-corrected chi connectivity index (χ1v) is 5.19. The maximum atomic E-state index is 11.7. The predicted molar refractivity (Wildman–Crippen MR) is 56.1 cm³/mol. The van der Waals surface area contributed by atoms with Gasteiger partial charge in [-0.2, -0.15) is 5.10 Å². The van der Waals surface area contributed by atoms with Crippen molar-refractivity contribution in [1.82, 2.24) is 14.7 Å². The summed E-state index contributed by atoms with van der Waals surface area (Å²) in [6.07, 6.45) is 2.42. The monoisotopic (exact) mass is 240 g/mol. The van der Waals surface area contributed by atoms with E-state index in [2.05, 4.69) is 5.10 Å². The van der Waals surface area contributed by atoms with Crippen molar-refractivity contribution < 1.29 is 14.8 Å². The third-order valence-corrected chi connectivity index (χ3v) is 2.64. The van der Waals surface area contributed by atoms with Crippen LogP contribution >= 0.6 is 0 Å². The molecule has 1 aromatic heterocycles. The molecule has 1 aliphatic heterocycles. The Kier molecular flexibility index (Phi) is 3.05. The van der Waals surface area contributed by atoms with Gasteiger partial charge in [-0.1, -0.05) is 0 Å². The molecule has 17 heavy (non-hydrogen) atoms. The second kappa shape index (κ2) is 4.50. The van der Waals surface area contributed by atoms with Crippen LogP contribution in [0.2, 0.25) is 0 Å². The van der Waals surface area contributed by atoms with Gasteiger partial charge < -0.3 is 10.0 Å². The summed E-state index contributed by atoms with van der Waals surface area (Å²) >= 11 is 0. The number of rotatable bonds is 3. The van der Waals surface area contributed by atoms with Gasteiger partial charge in [-0.05, 0) is 6.42 Å². The molecule has 1 fully saturated rings. The first-order chi connectivity index (χ1) is 8.06. The number of nitro groups is 1. The van der Waals surface area contributed by atoms with Crippen LogP contribution in [0.4, 0.5) is 5.69 Å². The summed E-state index contributed by atoms with van der Waals surface area (Å²) in [5.74, 6) is -0.195. The van der Waals surface area contributed by atoms with E-state index < -0.39 is 11.0 Å². The van der Waals surface area contributed by atoms with Gasteiger partial charge in [0.05, 0.1) is 11.0 Å². The maximum absolute atomic E-state index is 11.7. The van der Waals surface area contributed by atoms with Gasteiger partial charge in [-0.25, -0.2) is 0 Å². The van der Waals surface area contributed by atoms with Crippen LogP contribution in [-0.2, 0) is 11.3 Å². The van der Waals surface area contributed by atoms with E-state index in [0.29, 0.717) is 19.5 Å². The van der Waals surface area contributed by atoms with E-state index in [1.807, 2.05) is 0 Å². The molecular formula is C9H12N4O4. The molecule has 92 valence electrons. The number of aliphatic hydroxyl groups is 1. The standard InChI is InChI=1S/C9H12N4O4/c14-8-1-2-11(5-8)9(15)6-12-4-7(3-10-12)13(16)17/h3-4,8,14H,1-2,5-6H2. The number of aliphatic hydroxyl groups excluding tert-OH is 1. The lowest BCUT2D eigenvalue weighted by atomic mass is 10.3. The summed E-state index contributed by atoms with van der Waals surface area (Å²) in [6, 6.07) is 0. The van der Waals surface area contributed by atoms with Crippen LogP contribution in [0.1, 0.15) is 6.42 Å². The molecule has 0 saturated carbocycles. The summed E-state index contributed by atoms with van der Waals surface area (Å²) in [5.41, 5.74) is -0.140. The zero-order valence-electron chi connectivity index (χ0n) is 9.02. The van der Waals surface area contributed by atoms with Crippen LogP contribution in [0.25, 0.3) is 0 Å². The molecule has 8 nitrogen and oxygen atoms in total. The normalized spacial score (nSPS) is 19.6. The number of carbonyl (C=O) groups excluding carboxylic acids is 1. The number of amides is 1. The highest BCUT2D eigenvalue weighted by Gasteiger charge is 2.24. The van der Waals surface area contributed by atoms with Crippen molar-refractivity contribution in [2.75, 3.05) is 13.1 Å². The minimum Gasteiger partial charge on any atom is -0.391 e. The molecule has 1 aromatic rings. The van der Waals surface area contributed by atoms with Crippen LogP contribution in [0.3, 0.4) is 0 Å². The highest BCUT2D eigenvalue weighted by Crippen LogP contribution is 2.11. The van der Waals surface area contributed by atoms with Gasteiger partial charge in [-0.15, -0.1) is 0 Å². The molecule has 1 aliphatic rings. The Hall–Kier alpha value is -1.96. The summed E-state index contributed by atoms with van der Waals surface area (Å²) in [4.78, 5) is 23.1. The largest absolute Gasteiger partial charge is 0.391 e. The van der Waals surface area contributed by atoms with E-state index in [4.69, 9.17) is 0 Å². The molecule has 8 heteroatoms. The lowest BCUT2D eigenvalue weighted by Crippen LogP contribution is -2.32. The topological polar surface area (TPSA) is 102 Å². The third-order valence-electron chi connectivity index (χ3n) is 2.64. The Balaban J connectivity index is 1.96. The Morgan fingerprint density at radius 3 is 3.00 bits per heavy atom. The summed E-state index contributed by atoms with van der Waals surface area (Å²) in [5, 5.41) is 23.4. The van der Waals surface area contributed by atoms with Crippen molar-refractivity contribution >= 4 is 11.6 Å². The highest BCUT2D eigenvalue weighted by molar-refractivity contribution is 5.76. The van der Waals surface area contributed by atoms with Gasteiger partial charge in [-0.3, -0.25) is 19.6 Å². The first kappa shape index (κ1) is 11.5. The molecule has 2 rings (SSSR count). The number of likely N-dealkylation sites (tertiary alicyclic amines) is 1. The minimum absolute atomic E-state index is 0.0411. The molecule has 1 saturated heterocycles. The number of hydrogen-bond donors (Lipinski definition) is 1. The van der Waals surface area contributed by atoms with E-state index in [-0.39, 0.29) is 18.1 Å². The highest BCUT2D eigenvalue weighted by atomic mass is 16.6. The fourth-order valence-corrected chi connectivity index (χ4v) is 1.74. The zero-order valence-corrected chi connectivity index (χ0v) is 9.02. The van der Waals surface area contributed by atoms with Crippen molar-refractivity contribution in [3.8, 4) is 0 Å². The molecule has 0 aliphatic carbocycles. The molecule has 0 bridgehead atoms. The van der Waals surface area contributed by atoms with Crippen molar-refractivity contribution in [2.24, 2.45) is 0 Å². The predicted octanol–water partition coefficient (Wildman–Crippen LogP) is -0.616. The average molecular weight is 240 g/mol. The molecule has 0 radical (unpaired) electrons. The summed E-state index contributed by atoms with van der Waals surface area (Å²) in [6.45, 7) is 0.798. The third kappa shape index (κ3) is 2.59. The van der Waals surface area contributed by atoms with Gasteiger partial charge in [0.15, 0.2) is 0 Å². The second-order valence-corrected chi connectivity index (χ2v) is 3.94. The van der Waals surface area contributed by atoms with Crippen molar-refractivity contribution in [1.29, 1.82) is 0 Å². The molecule has 1 N–H and O–H groups in total. The van der Waals surface area contributed by atoms with Crippen LogP contribution in [0.15, 0.2) is 12.4 Å². The Labute approximate surface area is 96.6 Å². The molecule has 1 amide bonds. The number of hydrogen-bond acceptors (Lipinski definition) is 5. The lowest BCUT2D eigenvalue weighted by Gasteiger charge is -2.14. The van der Waals surface area contributed by atoms with Gasteiger partial charge in [0.1, 0.15) is 18.9 Å². The smallest absolute Gasteiger partial charge is 0.307 e.